The lowest BCUT2D eigenvalue weighted by molar-refractivity contribution is -0.0298. The maximum absolute atomic E-state index is 10.9. The maximum Gasteiger partial charge on any atom is 0.225 e. The summed E-state index contributed by atoms with van der Waals surface area (Å²) >= 11 is 19.3. The number of fused-ring (bicyclic) bond motifs is 1. The summed E-state index contributed by atoms with van der Waals surface area (Å²) in [5, 5.41) is 0.812. The highest BCUT2D eigenvalue weighted by molar-refractivity contribution is 6.37. The second-order valence-electron chi connectivity index (χ2n) is 7.90. The zero-order chi connectivity index (χ0) is 23.7. The zero-order valence-corrected chi connectivity index (χ0v) is 20.1. The van der Waals surface area contributed by atoms with Crippen LogP contribution in [0.4, 0.5) is 0 Å². The first-order valence-corrected chi connectivity index (χ1v) is 11.8. The molecule has 0 radical (unpaired) electrons. The topological polar surface area (TPSA) is 79.1 Å². The number of halogens is 3. The van der Waals surface area contributed by atoms with Gasteiger partial charge in [-0.1, -0.05) is 47.5 Å². The van der Waals surface area contributed by atoms with Gasteiger partial charge < -0.3 is 9.47 Å². The summed E-state index contributed by atoms with van der Waals surface area (Å²) in [6, 6.07) is 10.4. The van der Waals surface area contributed by atoms with Crippen LogP contribution in [-0.4, -0.2) is 32.4 Å². The van der Waals surface area contributed by atoms with E-state index in [0.29, 0.717) is 50.4 Å². The molecule has 1 atom stereocenters. The van der Waals surface area contributed by atoms with E-state index in [-0.39, 0.29) is 18.1 Å². The second-order valence-corrected chi connectivity index (χ2v) is 9.05. The molecule has 1 aliphatic heterocycles. The van der Waals surface area contributed by atoms with Crippen molar-refractivity contribution in [2.75, 3.05) is 6.61 Å². The number of rotatable bonds is 6. The lowest BCUT2D eigenvalue weighted by Crippen LogP contribution is -2.17. The van der Waals surface area contributed by atoms with Crippen LogP contribution in [0, 0.1) is 0 Å². The molecule has 2 aromatic carbocycles. The van der Waals surface area contributed by atoms with E-state index >= 15 is 0 Å². The number of aromatic nitrogens is 4. The van der Waals surface area contributed by atoms with Gasteiger partial charge in [-0.3, -0.25) is 9.36 Å². The molecule has 0 saturated carbocycles. The molecule has 0 amide bonds. The van der Waals surface area contributed by atoms with Gasteiger partial charge in [0.15, 0.2) is 5.65 Å². The highest BCUT2D eigenvalue weighted by atomic mass is 35.5. The van der Waals surface area contributed by atoms with Crippen LogP contribution in [0.2, 0.25) is 15.3 Å². The van der Waals surface area contributed by atoms with Crippen LogP contribution in [0.1, 0.15) is 41.4 Å². The van der Waals surface area contributed by atoms with Crippen molar-refractivity contribution in [3.8, 4) is 17.0 Å². The average Bonchev–Trinajstić information content (AvgIpc) is 3.28. The predicted octanol–water partition coefficient (Wildman–Crippen LogP) is 6.54. The molecule has 174 valence electrons. The number of carbonyl (C=O) groups excluding carboxylic acids is 1. The van der Waals surface area contributed by atoms with E-state index in [2.05, 4.69) is 15.0 Å². The Morgan fingerprint density at radius 2 is 1.91 bits per heavy atom. The largest absolute Gasteiger partial charge is 0.487 e. The molecule has 7 nitrogen and oxygen atoms in total. The van der Waals surface area contributed by atoms with Gasteiger partial charge in [-0.25, -0.2) is 9.97 Å². The summed E-state index contributed by atoms with van der Waals surface area (Å²) in [6.45, 7) is 0.950. The Labute approximate surface area is 210 Å². The Morgan fingerprint density at radius 3 is 2.65 bits per heavy atom. The number of ether oxygens (including phenoxy) is 2. The minimum absolute atomic E-state index is 0.0730. The molecule has 5 rings (SSSR count). The van der Waals surface area contributed by atoms with Crippen molar-refractivity contribution >= 4 is 52.3 Å². The minimum Gasteiger partial charge on any atom is -0.487 e. The number of hydrogen-bond donors (Lipinski definition) is 0. The van der Waals surface area contributed by atoms with Crippen molar-refractivity contribution in [1.82, 2.24) is 19.5 Å². The lowest BCUT2D eigenvalue weighted by atomic mass is 10.1. The van der Waals surface area contributed by atoms with Gasteiger partial charge >= 0.3 is 0 Å². The molecule has 3 heterocycles. The van der Waals surface area contributed by atoms with Crippen molar-refractivity contribution < 1.29 is 14.3 Å². The number of hydrogen-bond acceptors (Lipinski definition) is 6. The van der Waals surface area contributed by atoms with Crippen LogP contribution in [-0.2, 0) is 11.3 Å². The van der Waals surface area contributed by atoms with E-state index in [1.165, 1.54) is 0 Å². The molecule has 2 aromatic heterocycles. The highest BCUT2D eigenvalue weighted by Gasteiger charge is 2.23. The van der Waals surface area contributed by atoms with E-state index in [4.69, 9.17) is 44.3 Å². The molecule has 1 fully saturated rings. The lowest BCUT2D eigenvalue weighted by Gasteiger charge is -2.23. The Morgan fingerprint density at radius 1 is 1.09 bits per heavy atom. The summed E-state index contributed by atoms with van der Waals surface area (Å²) in [6.07, 6.45) is 5.31. The molecule has 0 N–H and O–H groups in total. The van der Waals surface area contributed by atoms with E-state index in [0.717, 1.165) is 31.1 Å². The third-order valence-electron chi connectivity index (χ3n) is 5.65. The van der Waals surface area contributed by atoms with Gasteiger partial charge in [0.1, 0.15) is 36.1 Å². The van der Waals surface area contributed by atoms with Crippen molar-refractivity contribution in [1.29, 1.82) is 0 Å². The van der Waals surface area contributed by atoms with Crippen LogP contribution in [0.15, 0.2) is 42.7 Å². The smallest absolute Gasteiger partial charge is 0.225 e. The molecule has 4 aromatic rings. The van der Waals surface area contributed by atoms with Gasteiger partial charge in [0.25, 0.3) is 0 Å². The predicted molar refractivity (Wildman–Crippen MR) is 131 cm³/mol. The number of imidazole rings is 1. The summed E-state index contributed by atoms with van der Waals surface area (Å²) in [7, 11) is 0. The van der Waals surface area contributed by atoms with Crippen molar-refractivity contribution in [2.45, 2.75) is 32.1 Å². The van der Waals surface area contributed by atoms with E-state index in [1.807, 2.05) is 16.7 Å². The Balaban J connectivity index is 1.51. The van der Waals surface area contributed by atoms with Crippen LogP contribution in [0.5, 0.6) is 5.75 Å². The van der Waals surface area contributed by atoms with Gasteiger partial charge in [-0.05, 0) is 48.6 Å². The summed E-state index contributed by atoms with van der Waals surface area (Å²) in [4.78, 5) is 24.2. The number of carbonyl (C=O) groups is 1. The zero-order valence-electron chi connectivity index (χ0n) is 17.9. The van der Waals surface area contributed by atoms with E-state index in [9.17, 15) is 4.79 Å². The SMILES string of the molecule is O=Cc1ccc(COc2cc(-c3nc(Cl)nc4c3ncn4C3CCCCO3)c(Cl)cc2Cl)cc1. The Bertz CT molecular complexity index is 1350. The van der Waals surface area contributed by atoms with Gasteiger partial charge in [0.05, 0.1) is 16.4 Å². The van der Waals surface area contributed by atoms with Crippen LogP contribution in [0.25, 0.3) is 22.4 Å². The highest BCUT2D eigenvalue weighted by Crippen LogP contribution is 2.39. The monoisotopic (exact) mass is 516 g/mol. The molecule has 10 heteroatoms. The van der Waals surface area contributed by atoms with Crippen LogP contribution < -0.4 is 4.74 Å². The molecule has 1 unspecified atom stereocenters. The van der Waals surface area contributed by atoms with Gasteiger partial charge in [0, 0.05) is 17.7 Å². The molecule has 0 spiro atoms. The number of nitrogens with zero attached hydrogens (tertiary/aromatic N) is 4. The molecular formula is C24H19Cl3N4O3. The first-order valence-electron chi connectivity index (χ1n) is 10.7. The second kappa shape index (κ2) is 9.88. The Kier molecular flexibility index (Phi) is 6.70. The van der Waals surface area contributed by atoms with Crippen LogP contribution >= 0.6 is 34.8 Å². The van der Waals surface area contributed by atoms with Gasteiger partial charge in [0.2, 0.25) is 5.28 Å². The van der Waals surface area contributed by atoms with Gasteiger partial charge in [-0.15, -0.1) is 0 Å². The third kappa shape index (κ3) is 4.61. The van der Waals surface area contributed by atoms with Gasteiger partial charge in [-0.2, -0.15) is 4.98 Å². The van der Waals surface area contributed by atoms with Crippen LogP contribution in [0.3, 0.4) is 0 Å². The van der Waals surface area contributed by atoms with Crippen molar-refractivity contribution in [3.05, 3.63) is 69.2 Å². The number of benzene rings is 2. The minimum atomic E-state index is -0.150. The van der Waals surface area contributed by atoms with E-state index < -0.39 is 0 Å². The quantitative estimate of drug-likeness (QED) is 0.213. The molecule has 1 saturated heterocycles. The molecule has 1 aliphatic rings. The maximum atomic E-state index is 10.9. The van der Waals surface area contributed by atoms with E-state index in [1.54, 1.807) is 30.6 Å². The standard InChI is InChI=1S/C24H19Cl3N4O3/c25-17-10-18(26)19(34-12-15-6-4-14(11-32)5-7-15)9-16(17)21-22-23(30-24(27)29-21)31(13-28-22)20-3-1-2-8-33-20/h4-7,9-11,13,20H,1-3,8,12H2. The normalized spacial score (nSPS) is 16.0. The average molecular weight is 518 g/mol. The summed E-state index contributed by atoms with van der Waals surface area (Å²) in [5.74, 6) is 0.429. The summed E-state index contributed by atoms with van der Waals surface area (Å²) in [5.41, 5.74) is 3.66. The Hall–Kier alpha value is -2.71. The first-order chi connectivity index (χ1) is 16.5. The fraction of sp³-hybridized carbons (Fsp3) is 0.250. The summed E-state index contributed by atoms with van der Waals surface area (Å²) < 4.78 is 13.7. The fourth-order valence-corrected chi connectivity index (χ4v) is 4.60. The molecule has 0 aliphatic carbocycles. The first kappa shape index (κ1) is 23.1. The van der Waals surface area contributed by atoms with Crippen molar-refractivity contribution in [3.63, 3.8) is 0 Å². The molecular weight excluding hydrogens is 499 g/mol. The van der Waals surface area contributed by atoms with Crippen molar-refractivity contribution in [2.24, 2.45) is 0 Å². The third-order valence-corrected chi connectivity index (χ3v) is 6.42. The fourth-order valence-electron chi connectivity index (χ4n) is 3.91. The number of aldehydes is 1. The molecule has 34 heavy (non-hydrogen) atoms. The molecule has 0 bridgehead atoms.